The quantitative estimate of drug-likeness (QED) is 0.0175. The summed E-state index contributed by atoms with van der Waals surface area (Å²) >= 11 is 24.5. The minimum absolute atomic E-state index is 0. The van der Waals surface area contributed by atoms with E-state index in [-0.39, 0.29) is 68.8 Å². The third-order valence-corrected chi connectivity index (χ3v) is 102. The predicted octanol–water partition coefficient (Wildman–Crippen LogP) is 20.0. The summed E-state index contributed by atoms with van der Waals surface area (Å²) in [5.74, 6) is -0.197. The Bertz CT molecular complexity index is 4180. The van der Waals surface area contributed by atoms with Crippen molar-refractivity contribution >= 4 is 208 Å². The molecule has 0 unspecified atom stereocenters. The topological polar surface area (TPSA) is 294 Å². The molecule has 101 heavy (non-hydrogen) atoms. The first kappa shape index (κ1) is 95.9. The van der Waals surface area contributed by atoms with Crippen molar-refractivity contribution in [1.82, 2.24) is 24.4 Å². The van der Waals surface area contributed by atoms with Crippen molar-refractivity contribution in [1.29, 1.82) is 0 Å². The average Bonchev–Trinajstić information content (AvgIpc) is 1.77. The van der Waals surface area contributed by atoms with E-state index in [9.17, 15) is 40.8 Å². The van der Waals surface area contributed by atoms with Gasteiger partial charge in [0.05, 0.1) is 52.9 Å². The minimum atomic E-state index is -3.92. The molecule has 2 amide bonds. The van der Waals surface area contributed by atoms with E-state index in [2.05, 4.69) is 127 Å². The van der Waals surface area contributed by atoms with E-state index < -0.39 is 48.7 Å². The number of aryl methyl sites for hydroxylation is 1. The number of thiazole rings is 3. The van der Waals surface area contributed by atoms with Crippen LogP contribution in [-0.2, 0) is 34.3 Å². The van der Waals surface area contributed by atoms with Gasteiger partial charge in [0.1, 0.15) is 15.0 Å². The molecule has 0 aliphatic heterocycles. The van der Waals surface area contributed by atoms with Gasteiger partial charge in [-0.25, -0.2) is 55.6 Å². The van der Waals surface area contributed by atoms with Gasteiger partial charge in [0.15, 0.2) is 11.6 Å². The van der Waals surface area contributed by atoms with E-state index >= 15 is 0 Å². The van der Waals surface area contributed by atoms with Crippen LogP contribution in [0, 0.1) is 6.92 Å². The van der Waals surface area contributed by atoms with E-state index in [1.165, 1.54) is 23.5 Å². The fourth-order valence-electron chi connectivity index (χ4n) is 7.74. The molecule has 8 rings (SSSR count). The van der Waals surface area contributed by atoms with Crippen LogP contribution in [0.4, 0.5) is 31.4 Å². The Hall–Kier alpha value is -3.14. The number of ether oxygens (including phenoxy) is 3. The van der Waals surface area contributed by atoms with E-state index in [0.717, 1.165) is 40.0 Å². The number of Topliss-reactive ketones (excluding diaryl/α,β-unsaturated/α-hetero) is 2. The number of nitrogens with zero attached hydrogens (tertiary/aromatic N) is 3. The molecule has 5 aromatic carbocycles. The van der Waals surface area contributed by atoms with Gasteiger partial charge in [-0.2, -0.15) is 0 Å². The average molecular weight is 2200 g/mol. The van der Waals surface area contributed by atoms with Gasteiger partial charge >= 0.3 is 94.6 Å². The Labute approximate surface area is 672 Å². The number of sulfonamides is 2. The van der Waals surface area contributed by atoms with Gasteiger partial charge < -0.3 is 19.9 Å². The zero-order valence-corrected chi connectivity index (χ0v) is 75.5. The largest absolute Gasteiger partial charge is 0.399 e. The van der Waals surface area contributed by atoms with Crippen LogP contribution in [-0.4, -0.2) is 90.4 Å². The maximum Gasteiger partial charge on any atom is 0.124 e. The van der Waals surface area contributed by atoms with Crippen LogP contribution < -0.4 is 39.1 Å². The Morgan fingerprint density at radius 3 is 1.25 bits per heavy atom. The fourth-order valence-corrected chi connectivity index (χ4v) is 14.7. The molecule has 0 atom stereocenters. The van der Waals surface area contributed by atoms with Crippen LogP contribution in [0.2, 0.25) is 0 Å². The van der Waals surface area contributed by atoms with Crippen LogP contribution in [0.15, 0.2) is 145 Å². The number of amides is 2. The van der Waals surface area contributed by atoms with E-state index in [4.69, 9.17) is 26.8 Å². The van der Waals surface area contributed by atoms with Crippen molar-refractivity contribution in [2.24, 2.45) is 0 Å². The first-order valence-electron chi connectivity index (χ1n) is 29.8. The normalized spacial score (nSPS) is 11.1. The number of hydrogen-bond acceptors (Lipinski definition) is 19. The van der Waals surface area contributed by atoms with E-state index in [1.807, 2.05) is 74.5 Å². The van der Waals surface area contributed by atoms with Gasteiger partial charge in [0, 0.05) is 92.2 Å². The summed E-state index contributed by atoms with van der Waals surface area (Å²) in [5, 5.41) is 7.96. The number of rotatable bonds is 18. The number of hydrogen-bond donors (Lipinski definition) is 5. The van der Waals surface area contributed by atoms with Gasteiger partial charge in [0.25, 0.3) is 0 Å². The van der Waals surface area contributed by atoms with Crippen LogP contribution in [0.5, 0.6) is 0 Å². The number of benzene rings is 5. The van der Waals surface area contributed by atoms with Crippen molar-refractivity contribution < 1.29 is 68.3 Å². The Balaban J connectivity index is 0.000000669. The van der Waals surface area contributed by atoms with Gasteiger partial charge in [-0.3, -0.25) is 20.2 Å². The number of anilines is 3. The standard InChI is InChI=1S/C26H31N3O5S2.C14H21NO3S.C13H13BrN2O2S.C9H7BrN2S.C4H7ClO2.2CH4.I5/c1-7-21(30)18-10-13-20(23(14-18)36(32,33)29-26(4,5)6)22-15-27-24(35-22)17-8-11-19(12-9-17)28-25(31)34-16(2)3;1-6-12(16)11-8-7-10(2)13(9-11)19(17,18)15-14(3,4)5;1-8(2)18-13(17)16-10-5-3-9(4-6-10)12-15-7-11(14)19-12;10-8-5-12-9(13-8)6-1-3-7(11)4-2-6;1-3(2)7-4(5)6;;;1-4-5(2)3/h8-16,29H,7H2,1-6H3,(H,28,31);7-9,15H,6H2,1-5H3;3-8H,1-2H3,(H,16,17);1-5H,11H2;3H,1-2H3;2*1H4;/q;;;;;;;-1. The molecule has 0 aliphatic carbocycles. The second-order valence-corrected chi connectivity index (χ2v) is 97.9. The smallest absolute Gasteiger partial charge is 0.124 e. The Kier molecular flexibility index (Phi) is 43.8. The second-order valence-electron chi connectivity index (χ2n) is 23.5. The number of halogens is 8. The Morgan fingerprint density at radius 2 is 0.921 bits per heavy atom. The van der Waals surface area contributed by atoms with E-state index in [0.29, 0.717) is 63.2 Å². The summed E-state index contributed by atoms with van der Waals surface area (Å²) < 4.78 is 73.0. The summed E-state index contributed by atoms with van der Waals surface area (Å²) in [6.07, 6.45) is 4.39. The third-order valence-electron chi connectivity index (χ3n) is 11.6. The third kappa shape index (κ3) is 36.8. The molecular weight excluding hydrogens is 2110 g/mol. The molecule has 20 nitrogen and oxygen atoms in total. The van der Waals surface area contributed by atoms with Crippen molar-refractivity contribution in [2.75, 3.05) is 16.4 Å². The zero-order chi connectivity index (χ0) is 74.8. The maximum absolute atomic E-state index is 13.3. The molecule has 3 aromatic heterocycles. The van der Waals surface area contributed by atoms with Gasteiger partial charge in [0.2, 0.25) is 20.0 Å². The molecule has 3 heterocycles. The molecule has 0 bridgehead atoms. The van der Waals surface area contributed by atoms with Gasteiger partial charge in [-0.15, -0.1) is 34.0 Å². The second kappa shape index (κ2) is 46.2. The first-order chi connectivity index (χ1) is 46.0. The monoisotopic (exact) mass is 2190 g/mol. The summed E-state index contributed by atoms with van der Waals surface area (Å²) in [6, 6.07) is 31.8. The summed E-state index contributed by atoms with van der Waals surface area (Å²) in [7, 11) is -7.78. The molecule has 0 aliphatic rings. The number of nitrogens with one attached hydrogen (secondary N) is 4. The molecule has 0 radical (unpaired) electrons. The molecule has 8 aromatic rings. The first-order valence-corrected chi connectivity index (χ1v) is 62.3. The van der Waals surface area contributed by atoms with Crippen LogP contribution in [0.3, 0.4) is 0 Å². The Morgan fingerprint density at radius 1 is 0.574 bits per heavy atom. The van der Waals surface area contributed by atoms with Gasteiger partial charge in [-0.05, 0) is 212 Å². The maximum atomic E-state index is 13.3. The van der Waals surface area contributed by atoms with E-state index in [1.54, 1.807) is 168 Å². The predicted molar refractivity (Wildman–Crippen MR) is 456 cm³/mol. The number of nitrogens with two attached hydrogens (primary N) is 1. The number of carbonyl (C=O) groups excluding carboxylic acids is 5. The molecule has 0 saturated carbocycles. The van der Waals surface area contributed by atoms with Crippen LogP contribution in [0.1, 0.15) is 151 Å². The van der Waals surface area contributed by atoms with Crippen LogP contribution in [0.25, 0.3) is 42.2 Å². The van der Waals surface area contributed by atoms with Crippen molar-refractivity contribution in [2.45, 2.75) is 171 Å². The number of carbonyl (C=O) groups is 5. The summed E-state index contributed by atoms with van der Waals surface area (Å²) in [5.41, 5.74) is 10.4. The summed E-state index contributed by atoms with van der Waals surface area (Å²) in [6.45, 7) is 26.5. The summed E-state index contributed by atoms with van der Waals surface area (Å²) in [4.78, 5) is 70.9. The van der Waals surface area contributed by atoms with Crippen molar-refractivity contribution in [3.63, 3.8) is 0 Å². The minimum Gasteiger partial charge on any atom is -0.399 e. The number of nitrogen functional groups attached to an aromatic ring is 1. The molecule has 558 valence electrons. The van der Waals surface area contributed by atoms with Gasteiger partial charge in [-0.1, -0.05) is 53.0 Å². The molecule has 6 N–H and O–H groups in total. The van der Waals surface area contributed by atoms with Crippen LogP contribution >= 0.6 is 141 Å². The zero-order valence-electron chi connectivity index (χ0n) is 56.7. The SMILES string of the molecule is C.C.CC(C)OC(=O)Cl.CC(C)OC(=O)Nc1ccc(-c2ncc(Br)s2)cc1.CCC(=O)c1ccc(-c2cnc(-c3ccc(NC(=O)OC(C)C)cc3)s2)c(S(=O)(=O)NC(C)(C)C)c1.CCC(=O)c1ccc(C)c(S(=O)(=O)NC(C)(C)C)c1.I[I-]I(I)I.Nc1ccc(-c2ncc(Br)s2)cc1. The molecule has 33 heteroatoms. The van der Waals surface area contributed by atoms with Crippen molar-refractivity contribution in [3.8, 4) is 42.2 Å². The fraction of sp³-hybridized carbons (Fsp3) is 0.353. The molecule has 0 spiro atoms. The number of ketones is 2. The molecular formula is C68H87Br2ClI5N8O12S5-. The van der Waals surface area contributed by atoms with Crippen molar-refractivity contribution in [3.05, 3.63) is 152 Å². The molecule has 0 saturated heterocycles. The molecule has 0 fully saturated rings. The number of aromatic nitrogens is 3.